The molecular formula is C17H21N3OS2. The van der Waals surface area contributed by atoms with Crippen LogP contribution in [0.15, 0.2) is 43.0 Å². The first-order chi connectivity index (χ1) is 11.2. The quantitative estimate of drug-likeness (QED) is 0.902. The largest absolute Gasteiger partial charge is 0.350 e. The fourth-order valence-corrected chi connectivity index (χ4v) is 5.27. The Morgan fingerprint density at radius 3 is 2.87 bits per heavy atom. The fraction of sp³-hybridized carbons (Fsp3) is 0.412. The van der Waals surface area contributed by atoms with Crippen molar-refractivity contribution in [3.05, 3.63) is 48.5 Å². The molecule has 0 spiro atoms. The number of nitrogens with zero attached hydrogens (tertiary/aromatic N) is 2. The molecule has 1 N–H and O–H groups in total. The normalized spacial score (nSPS) is 19.3. The number of hydrogen-bond acceptors (Lipinski definition) is 4. The lowest BCUT2D eigenvalue weighted by Crippen LogP contribution is -2.30. The summed E-state index contributed by atoms with van der Waals surface area (Å²) >= 11 is 3.88. The molecule has 1 aromatic carbocycles. The van der Waals surface area contributed by atoms with Gasteiger partial charge < -0.3 is 9.88 Å². The van der Waals surface area contributed by atoms with Crippen molar-refractivity contribution < 1.29 is 4.79 Å². The number of imidazole rings is 1. The van der Waals surface area contributed by atoms with Crippen molar-refractivity contribution in [3.63, 3.8) is 0 Å². The standard InChI is InChI=1S/C17H21N3OS2/c1-13(19-17(21)10-16-11-22-8-9-23-16)14-2-4-15(5-3-14)20-7-6-18-12-20/h2-7,12-13,16H,8-11H2,1H3,(H,19,21)/t13-,16?/m1/s1. The van der Waals surface area contributed by atoms with Crippen LogP contribution in [0.4, 0.5) is 0 Å². The highest BCUT2D eigenvalue weighted by Crippen LogP contribution is 2.26. The SMILES string of the molecule is C[C@@H](NC(=O)CC1CSCCS1)c1ccc(-n2ccnc2)cc1. The summed E-state index contributed by atoms with van der Waals surface area (Å²) in [6, 6.07) is 8.25. The van der Waals surface area contributed by atoms with Gasteiger partial charge >= 0.3 is 0 Å². The van der Waals surface area contributed by atoms with E-state index in [1.165, 1.54) is 5.75 Å². The zero-order valence-electron chi connectivity index (χ0n) is 13.1. The molecule has 0 bridgehead atoms. The van der Waals surface area contributed by atoms with Crippen molar-refractivity contribution in [2.45, 2.75) is 24.6 Å². The van der Waals surface area contributed by atoms with E-state index < -0.39 is 0 Å². The van der Waals surface area contributed by atoms with E-state index in [4.69, 9.17) is 0 Å². The molecule has 1 aliphatic rings. The highest BCUT2D eigenvalue weighted by Gasteiger charge is 2.19. The van der Waals surface area contributed by atoms with E-state index in [0.717, 1.165) is 22.8 Å². The smallest absolute Gasteiger partial charge is 0.221 e. The second-order valence-electron chi connectivity index (χ2n) is 5.62. The molecule has 1 fully saturated rings. The van der Waals surface area contributed by atoms with E-state index >= 15 is 0 Å². The van der Waals surface area contributed by atoms with E-state index in [1.807, 2.05) is 53.3 Å². The molecule has 6 heteroatoms. The van der Waals surface area contributed by atoms with Crippen LogP contribution < -0.4 is 5.32 Å². The van der Waals surface area contributed by atoms with E-state index in [0.29, 0.717) is 11.7 Å². The zero-order valence-corrected chi connectivity index (χ0v) is 14.8. The van der Waals surface area contributed by atoms with Crippen molar-refractivity contribution in [2.24, 2.45) is 0 Å². The Hall–Kier alpha value is -1.40. The summed E-state index contributed by atoms with van der Waals surface area (Å²) in [5.41, 5.74) is 2.19. The molecule has 4 nitrogen and oxygen atoms in total. The summed E-state index contributed by atoms with van der Waals surface area (Å²) in [4.78, 5) is 16.3. The molecule has 2 aromatic rings. The zero-order chi connectivity index (χ0) is 16.1. The summed E-state index contributed by atoms with van der Waals surface area (Å²) < 4.78 is 1.96. The second-order valence-corrected chi connectivity index (χ2v) is 8.18. The van der Waals surface area contributed by atoms with Crippen molar-refractivity contribution >= 4 is 29.4 Å². The summed E-state index contributed by atoms with van der Waals surface area (Å²) in [7, 11) is 0. The first-order valence-electron chi connectivity index (χ1n) is 7.79. The Balaban J connectivity index is 1.55. The molecule has 23 heavy (non-hydrogen) atoms. The molecule has 1 aliphatic heterocycles. The average Bonchev–Trinajstić information content (AvgIpc) is 3.10. The third kappa shape index (κ3) is 4.54. The first kappa shape index (κ1) is 16.5. The minimum atomic E-state index is 0.0283. The van der Waals surface area contributed by atoms with E-state index in [1.54, 1.807) is 12.5 Å². The van der Waals surface area contributed by atoms with Gasteiger partial charge in [0.05, 0.1) is 12.4 Å². The maximum Gasteiger partial charge on any atom is 0.221 e. The Bertz CT molecular complexity index is 622. The number of benzene rings is 1. The number of thioether (sulfide) groups is 2. The van der Waals surface area contributed by atoms with Crippen LogP contribution in [0.5, 0.6) is 0 Å². The Morgan fingerprint density at radius 2 is 2.22 bits per heavy atom. The first-order valence-corrected chi connectivity index (χ1v) is 10.00. The topological polar surface area (TPSA) is 46.9 Å². The molecule has 0 radical (unpaired) electrons. The molecular weight excluding hydrogens is 326 g/mol. The van der Waals surface area contributed by atoms with Gasteiger partial charge in [0, 0.05) is 47.0 Å². The number of carbonyl (C=O) groups is 1. The van der Waals surface area contributed by atoms with Crippen molar-refractivity contribution in [1.82, 2.24) is 14.9 Å². The van der Waals surface area contributed by atoms with Gasteiger partial charge in [0.15, 0.2) is 0 Å². The van der Waals surface area contributed by atoms with E-state index in [-0.39, 0.29) is 11.9 Å². The lowest BCUT2D eigenvalue weighted by molar-refractivity contribution is -0.121. The molecule has 2 atom stereocenters. The molecule has 3 rings (SSSR count). The van der Waals surface area contributed by atoms with Gasteiger partial charge in [-0.1, -0.05) is 12.1 Å². The van der Waals surface area contributed by atoms with Gasteiger partial charge in [0.25, 0.3) is 0 Å². The van der Waals surface area contributed by atoms with Gasteiger partial charge in [-0.3, -0.25) is 4.79 Å². The van der Waals surface area contributed by atoms with Crippen LogP contribution in [-0.2, 0) is 4.79 Å². The molecule has 1 saturated heterocycles. The maximum absolute atomic E-state index is 12.2. The molecule has 2 heterocycles. The van der Waals surface area contributed by atoms with Gasteiger partial charge in [0.1, 0.15) is 0 Å². The van der Waals surface area contributed by atoms with Crippen molar-refractivity contribution in [1.29, 1.82) is 0 Å². The molecule has 0 aliphatic carbocycles. The van der Waals surface area contributed by atoms with Crippen molar-refractivity contribution in [2.75, 3.05) is 17.3 Å². The Morgan fingerprint density at radius 1 is 1.39 bits per heavy atom. The average molecular weight is 348 g/mol. The lowest BCUT2D eigenvalue weighted by Gasteiger charge is -2.22. The number of rotatable bonds is 5. The predicted octanol–water partition coefficient (Wildman–Crippen LogP) is 3.29. The predicted molar refractivity (Wildman–Crippen MR) is 98.3 cm³/mol. The fourth-order valence-electron chi connectivity index (χ4n) is 2.59. The van der Waals surface area contributed by atoms with Gasteiger partial charge in [-0.05, 0) is 24.6 Å². The molecule has 1 unspecified atom stereocenters. The van der Waals surface area contributed by atoms with Gasteiger partial charge in [-0.2, -0.15) is 23.5 Å². The van der Waals surface area contributed by atoms with Crippen LogP contribution in [0.2, 0.25) is 0 Å². The van der Waals surface area contributed by atoms with Crippen LogP contribution in [0, 0.1) is 0 Å². The third-order valence-electron chi connectivity index (χ3n) is 3.87. The number of aromatic nitrogens is 2. The summed E-state index contributed by atoms with van der Waals surface area (Å²) in [5.74, 6) is 3.61. The number of carbonyl (C=O) groups excluding carboxylic acids is 1. The molecule has 1 amide bonds. The van der Waals surface area contributed by atoms with Crippen LogP contribution in [0.3, 0.4) is 0 Å². The van der Waals surface area contributed by atoms with Crippen LogP contribution in [-0.4, -0.2) is 38.0 Å². The minimum Gasteiger partial charge on any atom is -0.350 e. The third-order valence-corrected chi connectivity index (χ3v) is 6.72. The van der Waals surface area contributed by atoms with Gasteiger partial charge in [-0.15, -0.1) is 0 Å². The number of hydrogen-bond donors (Lipinski definition) is 1. The summed E-state index contributed by atoms with van der Waals surface area (Å²) in [5, 5.41) is 3.58. The summed E-state index contributed by atoms with van der Waals surface area (Å²) in [6.07, 6.45) is 6.08. The maximum atomic E-state index is 12.2. The highest BCUT2D eigenvalue weighted by molar-refractivity contribution is 8.06. The monoisotopic (exact) mass is 347 g/mol. The van der Waals surface area contributed by atoms with E-state index in [9.17, 15) is 4.79 Å². The summed E-state index contributed by atoms with van der Waals surface area (Å²) in [6.45, 7) is 2.03. The molecule has 1 aromatic heterocycles. The number of nitrogens with one attached hydrogen (secondary N) is 1. The van der Waals surface area contributed by atoms with Gasteiger partial charge in [0.2, 0.25) is 5.91 Å². The minimum absolute atomic E-state index is 0.0283. The van der Waals surface area contributed by atoms with Crippen molar-refractivity contribution in [3.8, 4) is 5.69 Å². The number of amides is 1. The molecule has 122 valence electrons. The highest BCUT2D eigenvalue weighted by atomic mass is 32.2. The Kier molecular flexibility index (Phi) is 5.67. The van der Waals surface area contributed by atoms with Crippen LogP contribution in [0.25, 0.3) is 5.69 Å². The van der Waals surface area contributed by atoms with Crippen LogP contribution in [0.1, 0.15) is 24.9 Å². The van der Waals surface area contributed by atoms with Gasteiger partial charge in [-0.25, -0.2) is 4.98 Å². The van der Waals surface area contributed by atoms with E-state index in [2.05, 4.69) is 22.4 Å². The van der Waals surface area contributed by atoms with Crippen LogP contribution >= 0.6 is 23.5 Å². The Labute approximate surface area is 145 Å². The molecule has 0 saturated carbocycles. The second kappa shape index (κ2) is 7.93. The lowest BCUT2D eigenvalue weighted by atomic mass is 10.1.